The van der Waals surface area contributed by atoms with E-state index in [1.807, 2.05) is 0 Å². The first kappa shape index (κ1) is 10.4. The molecule has 5 nitrogen and oxygen atoms in total. The summed E-state index contributed by atoms with van der Waals surface area (Å²) >= 11 is 0. The van der Waals surface area contributed by atoms with Gasteiger partial charge in [0.1, 0.15) is 0 Å². The average Bonchev–Trinajstić information content (AvgIpc) is 2.61. The van der Waals surface area contributed by atoms with Gasteiger partial charge >= 0.3 is 0 Å². The van der Waals surface area contributed by atoms with Crippen molar-refractivity contribution in [2.24, 2.45) is 5.92 Å². The van der Waals surface area contributed by atoms with Gasteiger partial charge in [-0.15, -0.1) is 0 Å². The molecular formula is C8H16N2O3. The third-order valence-corrected chi connectivity index (χ3v) is 2.18. The molecule has 5 heteroatoms. The highest BCUT2D eigenvalue weighted by molar-refractivity contribution is 5.78. The number of carbonyl (C=O) groups is 1. The Morgan fingerprint density at radius 1 is 1.62 bits per heavy atom. The largest absolute Gasteiger partial charge is 0.379 e. The molecule has 0 aromatic heterocycles. The highest BCUT2D eigenvalue weighted by Gasteiger charge is 2.33. The van der Waals surface area contributed by atoms with E-state index in [4.69, 9.17) is 9.94 Å². The van der Waals surface area contributed by atoms with Crippen molar-refractivity contribution in [2.45, 2.75) is 19.4 Å². The number of rotatable bonds is 4. The molecular weight excluding hydrogens is 172 g/mol. The fourth-order valence-electron chi connectivity index (χ4n) is 1.43. The van der Waals surface area contributed by atoms with Crippen LogP contribution in [0.4, 0.5) is 0 Å². The van der Waals surface area contributed by atoms with Crippen molar-refractivity contribution in [3.05, 3.63) is 0 Å². The van der Waals surface area contributed by atoms with Crippen LogP contribution in [0.2, 0.25) is 0 Å². The summed E-state index contributed by atoms with van der Waals surface area (Å²) in [6.45, 7) is 3.85. The number of hydroxylamine groups is 1. The van der Waals surface area contributed by atoms with Gasteiger partial charge in [0.05, 0.1) is 19.1 Å². The molecule has 0 aromatic carbocycles. The average molecular weight is 188 g/mol. The molecule has 0 bridgehead atoms. The standard InChI is InChI=1S/C8H16N2O3/c1-2-3-9-7-5-13-4-6(7)8(11)10-12/h6-7,9,12H,2-5H2,1H3,(H,10,11). The number of carbonyl (C=O) groups excluding carboxylic acids is 1. The number of hydrogen-bond donors (Lipinski definition) is 3. The maximum atomic E-state index is 11.1. The smallest absolute Gasteiger partial charge is 0.250 e. The topological polar surface area (TPSA) is 70.6 Å². The summed E-state index contributed by atoms with van der Waals surface area (Å²) in [7, 11) is 0. The van der Waals surface area contributed by atoms with E-state index in [9.17, 15) is 4.79 Å². The SMILES string of the molecule is CCCNC1COCC1C(=O)NO. The number of nitrogens with one attached hydrogen (secondary N) is 2. The van der Waals surface area contributed by atoms with Crippen molar-refractivity contribution in [3.8, 4) is 0 Å². The van der Waals surface area contributed by atoms with Crippen LogP contribution in [0.3, 0.4) is 0 Å². The molecule has 1 heterocycles. The molecule has 1 saturated heterocycles. The molecule has 2 unspecified atom stereocenters. The van der Waals surface area contributed by atoms with Crippen LogP contribution in [0.25, 0.3) is 0 Å². The van der Waals surface area contributed by atoms with Gasteiger partial charge < -0.3 is 10.1 Å². The minimum atomic E-state index is -0.369. The lowest BCUT2D eigenvalue weighted by atomic mass is 10.0. The van der Waals surface area contributed by atoms with Crippen molar-refractivity contribution in [1.82, 2.24) is 10.8 Å². The Kier molecular flexibility index (Phi) is 4.14. The van der Waals surface area contributed by atoms with Crippen molar-refractivity contribution in [3.63, 3.8) is 0 Å². The van der Waals surface area contributed by atoms with E-state index >= 15 is 0 Å². The van der Waals surface area contributed by atoms with Gasteiger partial charge in [0.25, 0.3) is 0 Å². The van der Waals surface area contributed by atoms with Gasteiger partial charge in [0.15, 0.2) is 0 Å². The van der Waals surface area contributed by atoms with Crippen molar-refractivity contribution < 1.29 is 14.7 Å². The summed E-state index contributed by atoms with van der Waals surface area (Å²) in [6.07, 6.45) is 1.02. The minimum absolute atomic E-state index is 0.0344. The first-order chi connectivity index (χ1) is 6.29. The second-order valence-electron chi connectivity index (χ2n) is 3.18. The first-order valence-corrected chi connectivity index (χ1v) is 4.54. The Labute approximate surface area is 77.4 Å². The van der Waals surface area contributed by atoms with Gasteiger partial charge in [-0.25, -0.2) is 5.48 Å². The Bertz CT molecular complexity index is 175. The normalized spacial score (nSPS) is 27.5. The maximum absolute atomic E-state index is 11.1. The van der Waals surface area contributed by atoms with E-state index in [0.29, 0.717) is 13.2 Å². The molecule has 0 radical (unpaired) electrons. The zero-order chi connectivity index (χ0) is 9.68. The van der Waals surface area contributed by atoms with Crippen molar-refractivity contribution >= 4 is 5.91 Å². The van der Waals surface area contributed by atoms with Gasteiger partial charge in [-0.2, -0.15) is 0 Å². The molecule has 1 amide bonds. The fourth-order valence-corrected chi connectivity index (χ4v) is 1.43. The van der Waals surface area contributed by atoms with Crippen LogP contribution in [0.1, 0.15) is 13.3 Å². The third kappa shape index (κ3) is 2.65. The lowest BCUT2D eigenvalue weighted by Crippen LogP contribution is -2.43. The zero-order valence-electron chi connectivity index (χ0n) is 7.75. The number of amides is 1. The van der Waals surface area contributed by atoms with E-state index in [2.05, 4.69) is 12.2 Å². The summed E-state index contributed by atoms with van der Waals surface area (Å²) in [5.74, 6) is -0.636. The monoisotopic (exact) mass is 188 g/mol. The molecule has 76 valence electrons. The molecule has 1 fully saturated rings. The predicted octanol–water partition coefficient (Wildman–Crippen LogP) is -0.494. The Morgan fingerprint density at radius 2 is 2.38 bits per heavy atom. The molecule has 2 atom stereocenters. The van der Waals surface area contributed by atoms with Crippen LogP contribution in [0, 0.1) is 5.92 Å². The van der Waals surface area contributed by atoms with Crippen LogP contribution < -0.4 is 10.8 Å². The van der Waals surface area contributed by atoms with Gasteiger partial charge in [0.2, 0.25) is 5.91 Å². The maximum Gasteiger partial charge on any atom is 0.250 e. The molecule has 0 aromatic rings. The van der Waals surface area contributed by atoms with Crippen molar-refractivity contribution in [1.29, 1.82) is 0 Å². The lowest BCUT2D eigenvalue weighted by Gasteiger charge is -2.16. The number of hydrogen-bond acceptors (Lipinski definition) is 4. The molecule has 0 aliphatic carbocycles. The summed E-state index contributed by atoms with van der Waals surface area (Å²) in [6, 6.07) is 0.0344. The van der Waals surface area contributed by atoms with Crippen LogP contribution in [0.5, 0.6) is 0 Å². The molecule has 1 rings (SSSR count). The summed E-state index contributed by atoms with van der Waals surface area (Å²) in [5, 5.41) is 11.7. The molecule has 0 saturated carbocycles. The van der Waals surface area contributed by atoms with Gasteiger partial charge in [0, 0.05) is 6.04 Å². The van der Waals surface area contributed by atoms with Crippen LogP contribution in [-0.4, -0.2) is 36.9 Å². The van der Waals surface area contributed by atoms with Crippen molar-refractivity contribution in [2.75, 3.05) is 19.8 Å². The minimum Gasteiger partial charge on any atom is -0.379 e. The Hall–Kier alpha value is -0.650. The van der Waals surface area contributed by atoms with Gasteiger partial charge in [-0.05, 0) is 13.0 Å². The lowest BCUT2D eigenvalue weighted by molar-refractivity contribution is -0.133. The highest BCUT2D eigenvalue weighted by Crippen LogP contribution is 2.13. The Morgan fingerprint density at radius 3 is 3.00 bits per heavy atom. The molecule has 1 aliphatic rings. The Balaban J connectivity index is 2.39. The van der Waals surface area contributed by atoms with E-state index in [-0.39, 0.29) is 17.9 Å². The van der Waals surface area contributed by atoms with E-state index in [1.165, 1.54) is 0 Å². The van der Waals surface area contributed by atoms with Crippen LogP contribution in [0.15, 0.2) is 0 Å². The quantitative estimate of drug-likeness (QED) is 0.411. The second-order valence-corrected chi connectivity index (χ2v) is 3.18. The van der Waals surface area contributed by atoms with E-state index in [0.717, 1.165) is 13.0 Å². The first-order valence-electron chi connectivity index (χ1n) is 4.54. The summed E-state index contributed by atoms with van der Waals surface area (Å²) in [5.41, 5.74) is 1.65. The van der Waals surface area contributed by atoms with E-state index in [1.54, 1.807) is 5.48 Å². The summed E-state index contributed by atoms with van der Waals surface area (Å²) in [4.78, 5) is 11.1. The van der Waals surface area contributed by atoms with Gasteiger partial charge in [-0.3, -0.25) is 10.0 Å². The number of ether oxygens (including phenoxy) is 1. The van der Waals surface area contributed by atoms with E-state index < -0.39 is 0 Å². The van der Waals surface area contributed by atoms with Gasteiger partial charge in [-0.1, -0.05) is 6.92 Å². The van der Waals surface area contributed by atoms with Crippen LogP contribution >= 0.6 is 0 Å². The third-order valence-electron chi connectivity index (χ3n) is 2.18. The molecule has 3 N–H and O–H groups in total. The fraction of sp³-hybridized carbons (Fsp3) is 0.875. The molecule has 1 aliphatic heterocycles. The van der Waals surface area contributed by atoms with Crippen LogP contribution in [-0.2, 0) is 9.53 Å². The zero-order valence-corrected chi connectivity index (χ0v) is 7.75. The second kappa shape index (κ2) is 5.16. The molecule has 13 heavy (non-hydrogen) atoms. The summed E-state index contributed by atoms with van der Waals surface area (Å²) < 4.78 is 5.16. The predicted molar refractivity (Wildman–Crippen MR) is 46.3 cm³/mol. The molecule has 0 spiro atoms. The highest BCUT2D eigenvalue weighted by atomic mass is 16.5.